The van der Waals surface area contributed by atoms with E-state index in [1.54, 1.807) is 6.07 Å². The van der Waals surface area contributed by atoms with Crippen molar-refractivity contribution in [1.29, 1.82) is 0 Å². The van der Waals surface area contributed by atoms with Crippen LogP contribution in [-0.2, 0) is 12.6 Å². The van der Waals surface area contributed by atoms with Gasteiger partial charge in [-0.15, -0.1) is 7.05 Å². The van der Waals surface area contributed by atoms with Gasteiger partial charge in [-0.25, -0.2) is 0 Å². The molecule has 0 aliphatic carbocycles. The van der Waals surface area contributed by atoms with E-state index in [1.807, 2.05) is 0 Å². The van der Waals surface area contributed by atoms with Gasteiger partial charge in [0.2, 0.25) is 0 Å². The number of hydrogen-bond acceptors (Lipinski definition) is 0. The molecule has 0 bridgehead atoms. The van der Waals surface area contributed by atoms with Crippen LogP contribution in [0.4, 0.5) is 18.9 Å². The van der Waals surface area contributed by atoms with Crippen LogP contribution in [0.2, 0.25) is 0 Å². The lowest BCUT2D eigenvalue weighted by Crippen LogP contribution is -3.00. The maximum absolute atomic E-state index is 12.4. The fourth-order valence-electron chi connectivity index (χ4n) is 1.72. The Hall–Kier alpha value is -1.03. The van der Waals surface area contributed by atoms with Crippen molar-refractivity contribution in [3.05, 3.63) is 36.4 Å². The smallest absolute Gasteiger partial charge is 0.416 e. The van der Waals surface area contributed by atoms with Crippen LogP contribution < -0.4 is 4.90 Å². The molecule has 0 saturated heterocycles. The zero-order valence-corrected chi connectivity index (χ0v) is 7.49. The van der Waals surface area contributed by atoms with Gasteiger partial charge in [-0.1, -0.05) is 6.07 Å². The van der Waals surface area contributed by atoms with Gasteiger partial charge in [-0.05, 0) is 6.07 Å². The normalized spacial score (nSPS) is 21.0. The van der Waals surface area contributed by atoms with Crippen LogP contribution in [0.3, 0.4) is 0 Å². The van der Waals surface area contributed by atoms with E-state index in [2.05, 4.69) is 7.05 Å². The lowest BCUT2D eigenvalue weighted by Gasteiger charge is -2.15. The molecule has 0 spiro atoms. The molecule has 1 aromatic rings. The molecule has 0 aromatic heterocycles. The molecule has 1 heterocycles. The molecule has 14 heavy (non-hydrogen) atoms. The van der Waals surface area contributed by atoms with E-state index >= 15 is 0 Å². The summed E-state index contributed by atoms with van der Waals surface area (Å²) < 4.78 is 37.1. The predicted molar refractivity (Wildman–Crippen MR) is 46.0 cm³/mol. The minimum Gasteiger partial charge on any atom is -0.434 e. The summed E-state index contributed by atoms with van der Waals surface area (Å²) in [7, 11) is 3.75. The number of alkyl halides is 3. The first kappa shape index (κ1) is 9.52. The van der Waals surface area contributed by atoms with Gasteiger partial charge < -0.3 is 4.90 Å². The van der Waals surface area contributed by atoms with E-state index < -0.39 is 11.7 Å². The summed E-state index contributed by atoms with van der Waals surface area (Å²) >= 11 is 0. The Morgan fingerprint density at radius 3 is 2.64 bits per heavy atom. The summed E-state index contributed by atoms with van der Waals surface area (Å²) in [6, 6.07) is 3.89. The Morgan fingerprint density at radius 1 is 1.29 bits per heavy atom. The molecule has 1 aliphatic heterocycles. The number of halogens is 3. The number of nitrogens with one attached hydrogen (secondary N) is 1. The highest BCUT2D eigenvalue weighted by atomic mass is 19.4. The molecular weight excluding hydrogens is 191 g/mol. The standard InChI is InChI=1S/C10H10F3N/c1-14-5-4-7-2-3-8(6-9(7)14)10(11,12)13/h2-3,6,14H,1,4-5H2. The van der Waals surface area contributed by atoms with E-state index in [-0.39, 0.29) is 0 Å². The Kier molecular flexibility index (Phi) is 2.03. The summed E-state index contributed by atoms with van der Waals surface area (Å²) in [5.41, 5.74) is 1.07. The maximum Gasteiger partial charge on any atom is 0.416 e. The zero-order valence-electron chi connectivity index (χ0n) is 7.49. The SMILES string of the molecule is [CH2-][NH+]1CCc2ccc(C(F)(F)F)cc21. The number of quaternary nitrogens is 1. The monoisotopic (exact) mass is 201 g/mol. The molecule has 2 rings (SSSR count). The molecule has 76 valence electrons. The van der Waals surface area contributed by atoms with E-state index in [4.69, 9.17) is 0 Å². The predicted octanol–water partition coefficient (Wildman–Crippen LogP) is 1.57. The molecule has 1 aliphatic rings. The highest BCUT2D eigenvalue weighted by Crippen LogP contribution is 2.32. The number of fused-ring (bicyclic) bond motifs is 1. The molecular formula is C10H10F3N. The van der Waals surface area contributed by atoms with Crippen molar-refractivity contribution in [2.75, 3.05) is 6.54 Å². The number of hydrogen-bond donors (Lipinski definition) is 1. The van der Waals surface area contributed by atoms with Crippen LogP contribution >= 0.6 is 0 Å². The van der Waals surface area contributed by atoms with E-state index in [0.29, 0.717) is 5.69 Å². The Bertz CT molecular complexity index is 357. The Morgan fingerprint density at radius 2 is 2.00 bits per heavy atom. The molecule has 4 heteroatoms. The third-order valence-corrected chi connectivity index (χ3v) is 2.51. The topological polar surface area (TPSA) is 4.44 Å². The third-order valence-electron chi connectivity index (χ3n) is 2.51. The first-order chi connectivity index (χ1) is 6.48. The lowest BCUT2D eigenvalue weighted by molar-refractivity contribution is -0.775. The van der Waals surface area contributed by atoms with Crippen LogP contribution in [0.15, 0.2) is 18.2 Å². The van der Waals surface area contributed by atoms with Gasteiger partial charge in [-0.2, -0.15) is 13.2 Å². The van der Waals surface area contributed by atoms with Crippen LogP contribution in [0.5, 0.6) is 0 Å². The summed E-state index contributed by atoms with van der Waals surface area (Å²) in [5.74, 6) is 0. The highest BCUT2D eigenvalue weighted by molar-refractivity contribution is 5.45. The molecule has 0 radical (unpaired) electrons. The second-order valence-electron chi connectivity index (χ2n) is 3.47. The fraction of sp³-hybridized carbons (Fsp3) is 0.300. The average Bonchev–Trinajstić information content (AvgIpc) is 2.46. The summed E-state index contributed by atoms with van der Waals surface area (Å²) in [6.07, 6.45) is -3.44. The lowest BCUT2D eigenvalue weighted by atomic mass is 10.1. The van der Waals surface area contributed by atoms with Gasteiger partial charge >= 0.3 is 6.18 Å². The fourth-order valence-corrected chi connectivity index (χ4v) is 1.72. The second kappa shape index (κ2) is 2.98. The number of rotatable bonds is 0. The summed E-state index contributed by atoms with van der Waals surface area (Å²) in [6.45, 7) is 0.774. The molecule has 0 saturated carbocycles. The largest absolute Gasteiger partial charge is 0.434 e. The van der Waals surface area contributed by atoms with Crippen molar-refractivity contribution in [3.8, 4) is 0 Å². The first-order valence-electron chi connectivity index (χ1n) is 4.37. The van der Waals surface area contributed by atoms with E-state index in [0.717, 1.165) is 29.5 Å². The summed E-state index contributed by atoms with van der Waals surface area (Å²) in [4.78, 5) is 0.811. The van der Waals surface area contributed by atoms with Crippen molar-refractivity contribution in [1.82, 2.24) is 0 Å². The molecule has 1 N–H and O–H groups in total. The minimum atomic E-state index is -4.25. The number of benzene rings is 1. The van der Waals surface area contributed by atoms with Gasteiger partial charge in [0.05, 0.1) is 12.1 Å². The van der Waals surface area contributed by atoms with E-state index in [1.165, 1.54) is 6.07 Å². The summed E-state index contributed by atoms with van der Waals surface area (Å²) in [5, 5.41) is 0. The van der Waals surface area contributed by atoms with Crippen molar-refractivity contribution >= 4 is 5.69 Å². The Balaban J connectivity index is 2.45. The molecule has 0 fully saturated rings. The van der Waals surface area contributed by atoms with Crippen molar-refractivity contribution in [3.63, 3.8) is 0 Å². The van der Waals surface area contributed by atoms with Crippen molar-refractivity contribution in [2.24, 2.45) is 0 Å². The van der Waals surface area contributed by atoms with Gasteiger partial charge in [0.1, 0.15) is 5.69 Å². The van der Waals surface area contributed by atoms with Gasteiger partial charge in [0.25, 0.3) is 0 Å². The van der Waals surface area contributed by atoms with Gasteiger partial charge in [0, 0.05) is 18.1 Å². The second-order valence-corrected chi connectivity index (χ2v) is 3.47. The van der Waals surface area contributed by atoms with E-state index in [9.17, 15) is 13.2 Å². The molecule has 1 atom stereocenters. The third kappa shape index (κ3) is 1.50. The first-order valence-corrected chi connectivity index (χ1v) is 4.37. The molecule has 0 amide bonds. The van der Waals surface area contributed by atoms with Crippen molar-refractivity contribution < 1.29 is 18.1 Å². The molecule has 1 unspecified atom stereocenters. The zero-order chi connectivity index (χ0) is 10.3. The highest BCUT2D eigenvalue weighted by Gasteiger charge is 2.32. The maximum atomic E-state index is 12.4. The van der Waals surface area contributed by atoms with Gasteiger partial charge in [0.15, 0.2) is 0 Å². The molecule has 1 aromatic carbocycles. The van der Waals surface area contributed by atoms with Crippen LogP contribution in [0.25, 0.3) is 0 Å². The van der Waals surface area contributed by atoms with Gasteiger partial charge in [-0.3, -0.25) is 0 Å². The van der Waals surface area contributed by atoms with Crippen LogP contribution in [-0.4, -0.2) is 6.54 Å². The molecule has 1 nitrogen and oxygen atoms in total. The van der Waals surface area contributed by atoms with Crippen molar-refractivity contribution in [2.45, 2.75) is 12.6 Å². The average molecular weight is 201 g/mol. The minimum absolute atomic E-state index is 0.584. The Labute approximate surface area is 80.1 Å². The van der Waals surface area contributed by atoms with Crippen LogP contribution in [0.1, 0.15) is 11.1 Å². The quantitative estimate of drug-likeness (QED) is 0.608. The van der Waals surface area contributed by atoms with Crippen LogP contribution in [0, 0.1) is 7.05 Å².